The van der Waals surface area contributed by atoms with Crippen molar-refractivity contribution >= 4 is 15.9 Å². The largest absolute Gasteiger partial charge is 0.379 e. The Morgan fingerprint density at radius 2 is 1.73 bits per heavy atom. The van der Waals surface area contributed by atoms with Crippen LogP contribution in [0.1, 0.15) is 49.9 Å². The maximum Gasteiger partial charge on any atom is 0.252 e. The summed E-state index contributed by atoms with van der Waals surface area (Å²) in [6.07, 6.45) is 3.75. The van der Waals surface area contributed by atoms with Gasteiger partial charge in [0.05, 0.1) is 23.7 Å². The molecule has 1 aromatic rings. The zero-order valence-electron chi connectivity index (χ0n) is 18.2. The van der Waals surface area contributed by atoms with Crippen molar-refractivity contribution < 1.29 is 17.9 Å². The second-order valence-corrected chi connectivity index (χ2v) is 10.5. The lowest BCUT2D eigenvalue weighted by molar-refractivity contribution is 0.0124. The molecule has 3 rings (SSSR count). The fourth-order valence-electron chi connectivity index (χ4n) is 4.28. The van der Waals surface area contributed by atoms with Crippen LogP contribution < -0.4 is 5.32 Å². The van der Waals surface area contributed by atoms with E-state index in [0.717, 1.165) is 38.8 Å². The molecule has 168 valence electrons. The van der Waals surface area contributed by atoms with Crippen LogP contribution >= 0.6 is 0 Å². The van der Waals surface area contributed by atoms with E-state index in [2.05, 4.69) is 24.1 Å². The number of nitrogens with one attached hydrogen (secondary N) is 1. The molecule has 1 amide bonds. The third-order valence-corrected chi connectivity index (χ3v) is 7.83. The fourth-order valence-corrected chi connectivity index (χ4v) is 5.98. The van der Waals surface area contributed by atoms with E-state index >= 15 is 0 Å². The lowest BCUT2D eigenvalue weighted by Crippen LogP contribution is -2.49. The van der Waals surface area contributed by atoms with Gasteiger partial charge in [0.15, 0.2) is 0 Å². The average molecular weight is 438 g/mol. The van der Waals surface area contributed by atoms with Crippen LogP contribution in [0.15, 0.2) is 29.2 Å². The topological polar surface area (TPSA) is 79.0 Å². The van der Waals surface area contributed by atoms with Gasteiger partial charge in [-0.3, -0.25) is 9.69 Å². The standard InChI is InChI=1S/C22H35N3O4S/c1-18(2)16-19(24-12-14-29-15-13-24)17-23-22(26)20-8-4-5-9-21(20)30(27,28)25-10-6-3-7-11-25/h4-5,8-9,18-19H,3,6-7,10-17H2,1-2H3,(H,23,26). The van der Waals surface area contributed by atoms with Crippen molar-refractivity contribution in [1.82, 2.24) is 14.5 Å². The van der Waals surface area contributed by atoms with Crippen molar-refractivity contribution in [3.63, 3.8) is 0 Å². The maximum absolute atomic E-state index is 13.2. The molecule has 8 heteroatoms. The lowest BCUT2D eigenvalue weighted by atomic mass is 10.0. The number of sulfonamides is 1. The van der Waals surface area contributed by atoms with Gasteiger partial charge >= 0.3 is 0 Å². The van der Waals surface area contributed by atoms with Crippen molar-refractivity contribution in [2.75, 3.05) is 45.9 Å². The summed E-state index contributed by atoms with van der Waals surface area (Å²) >= 11 is 0. The number of morpholine rings is 1. The van der Waals surface area contributed by atoms with Crippen molar-refractivity contribution in [1.29, 1.82) is 0 Å². The van der Waals surface area contributed by atoms with Gasteiger partial charge in [-0.2, -0.15) is 4.31 Å². The molecule has 0 aromatic heterocycles. The molecule has 0 bridgehead atoms. The molecule has 1 unspecified atom stereocenters. The second-order valence-electron chi connectivity index (χ2n) is 8.60. The van der Waals surface area contributed by atoms with Crippen molar-refractivity contribution in [3.8, 4) is 0 Å². The van der Waals surface area contributed by atoms with E-state index in [9.17, 15) is 13.2 Å². The summed E-state index contributed by atoms with van der Waals surface area (Å²) in [6, 6.07) is 6.77. The van der Waals surface area contributed by atoms with E-state index in [-0.39, 0.29) is 22.4 Å². The molecular formula is C22H35N3O4S. The molecule has 0 aliphatic carbocycles. The average Bonchev–Trinajstić information content (AvgIpc) is 2.77. The van der Waals surface area contributed by atoms with Gasteiger partial charge in [0.1, 0.15) is 0 Å². The summed E-state index contributed by atoms with van der Waals surface area (Å²) in [5.74, 6) is 0.176. The number of benzene rings is 1. The van der Waals surface area contributed by atoms with Crippen LogP contribution in [-0.4, -0.2) is 75.5 Å². The van der Waals surface area contributed by atoms with Gasteiger partial charge in [0.25, 0.3) is 5.91 Å². The lowest BCUT2D eigenvalue weighted by Gasteiger charge is -2.35. The number of carbonyl (C=O) groups excluding carboxylic acids is 1. The zero-order chi connectivity index (χ0) is 21.6. The third-order valence-electron chi connectivity index (χ3n) is 5.87. The molecule has 1 aromatic carbocycles. The number of hydrogen-bond acceptors (Lipinski definition) is 5. The third kappa shape index (κ3) is 5.81. The van der Waals surface area contributed by atoms with Crippen LogP contribution in [-0.2, 0) is 14.8 Å². The highest BCUT2D eigenvalue weighted by molar-refractivity contribution is 7.89. The number of rotatable bonds is 8. The minimum absolute atomic E-state index is 0.108. The van der Waals surface area contributed by atoms with E-state index in [0.29, 0.717) is 38.8 Å². The minimum Gasteiger partial charge on any atom is -0.379 e. The minimum atomic E-state index is -3.67. The van der Waals surface area contributed by atoms with Gasteiger partial charge < -0.3 is 10.1 Å². The first-order valence-corrected chi connectivity index (χ1v) is 12.5. The van der Waals surface area contributed by atoms with Gasteiger partial charge in [-0.15, -0.1) is 0 Å². The molecule has 2 aliphatic rings. The number of amides is 1. The van der Waals surface area contributed by atoms with Crippen molar-refractivity contribution in [3.05, 3.63) is 29.8 Å². The summed E-state index contributed by atoms with van der Waals surface area (Å²) < 4.78 is 33.3. The van der Waals surface area contributed by atoms with E-state index in [1.165, 1.54) is 4.31 Å². The molecule has 2 heterocycles. The molecule has 1 atom stereocenters. The number of nitrogens with zero attached hydrogens (tertiary/aromatic N) is 2. The summed E-state index contributed by atoms with van der Waals surface area (Å²) in [4.78, 5) is 15.5. The van der Waals surface area contributed by atoms with Gasteiger partial charge in [0.2, 0.25) is 10.0 Å². The van der Waals surface area contributed by atoms with Crippen LogP contribution in [0.2, 0.25) is 0 Å². The zero-order valence-corrected chi connectivity index (χ0v) is 19.0. The van der Waals surface area contributed by atoms with Gasteiger partial charge in [-0.25, -0.2) is 8.42 Å². The highest BCUT2D eigenvalue weighted by Gasteiger charge is 2.30. The fraction of sp³-hybridized carbons (Fsp3) is 0.682. The molecule has 2 fully saturated rings. The second kappa shape index (κ2) is 10.7. The Hall–Kier alpha value is -1.48. The first-order valence-electron chi connectivity index (χ1n) is 11.1. The summed E-state index contributed by atoms with van der Waals surface area (Å²) in [5.41, 5.74) is 0.230. The summed E-state index contributed by atoms with van der Waals surface area (Å²) in [7, 11) is -3.67. The number of hydrogen-bond donors (Lipinski definition) is 1. The Morgan fingerprint density at radius 1 is 1.07 bits per heavy atom. The van der Waals surface area contributed by atoms with Gasteiger partial charge in [-0.05, 0) is 37.3 Å². The Morgan fingerprint density at radius 3 is 2.40 bits per heavy atom. The van der Waals surface area contributed by atoms with Crippen molar-refractivity contribution in [2.24, 2.45) is 5.92 Å². The van der Waals surface area contributed by atoms with E-state index in [1.807, 2.05) is 0 Å². The predicted octanol–water partition coefficient (Wildman–Crippen LogP) is 2.34. The highest BCUT2D eigenvalue weighted by Crippen LogP contribution is 2.23. The van der Waals surface area contributed by atoms with Gasteiger partial charge in [0, 0.05) is 38.8 Å². The normalized spacial score (nSPS) is 20.2. The van der Waals surface area contributed by atoms with Crippen LogP contribution in [0.5, 0.6) is 0 Å². The summed E-state index contributed by atoms with van der Waals surface area (Å²) in [5, 5.41) is 3.01. The Labute approximate surface area is 180 Å². The quantitative estimate of drug-likeness (QED) is 0.675. The molecular weight excluding hydrogens is 402 g/mol. The molecule has 2 saturated heterocycles. The highest BCUT2D eigenvalue weighted by atomic mass is 32.2. The monoisotopic (exact) mass is 437 g/mol. The molecule has 0 radical (unpaired) electrons. The molecule has 7 nitrogen and oxygen atoms in total. The molecule has 2 aliphatic heterocycles. The predicted molar refractivity (Wildman–Crippen MR) is 117 cm³/mol. The Balaban J connectivity index is 1.73. The number of piperidine rings is 1. The van der Waals surface area contributed by atoms with Crippen LogP contribution in [0.3, 0.4) is 0 Å². The van der Waals surface area contributed by atoms with Crippen molar-refractivity contribution in [2.45, 2.75) is 50.5 Å². The first kappa shape index (κ1) is 23.2. The van der Waals surface area contributed by atoms with Crippen LogP contribution in [0.25, 0.3) is 0 Å². The maximum atomic E-state index is 13.2. The molecule has 1 N–H and O–H groups in total. The molecule has 0 spiro atoms. The van der Waals surface area contributed by atoms with Crippen LogP contribution in [0.4, 0.5) is 0 Å². The number of ether oxygens (including phenoxy) is 1. The van der Waals surface area contributed by atoms with E-state index in [1.54, 1.807) is 24.3 Å². The first-order chi connectivity index (χ1) is 14.4. The molecule has 0 saturated carbocycles. The van der Waals surface area contributed by atoms with E-state index in [4.69, 9.17) is 4.74 Å². The van der Waals surface area contributed by atoms with Gasteiger partial charge in [-0.1, -0.05) is 32.4 Å². The summed E-state index contributed by atoms with van der Waals surface area (Å²) in [6.45, 7) is 9.01. The van der Waals surface area contributed by atoms with E-state index < -0.39 is 10.0 Å². The smallest absolute Gasteiger partial charge is 0.252 e. The number of carbonyl (C=O) groups is 1. The molecule has 30 heavy (non-hydrogen) atoms. The SMILES string of the molecule is CC(C)CC(CNC(=O)c1ccccc1S(=O)(=O)N1CCCCC1)N1CCOCC1. The Bertz CT molecular complexity index is 800. The Kier molecular flexibility index (Phi) is 8.27. The van der Waals surface area contributed by atoms with Crippen LogP contribution in [0, 0.1) is 5.92 Å².